The highest BCUT2D eigenvalue weighted by molar-refractivity contribution is 6.33. The number of hydrogen-bond donors (Lipinski definition) is 2. The smallest absolute Gasteiger partial charge is 0.241 e. The average molecular weight is 229 g/mol. The molecule has 0 fully saturated rings. The maximum atomic E-state index is 11.3. The molecule has 3 N–H and O–H groups in total. The van der Waals surface area contributed by atoms with Gasteiger partial charge in [-0.1, -0.05) is 11.6 Å². The second kappa shape index (κ2) is 5.00. The molecular weight excluding hydrogens is 216 g/mol. The molecule has 5 heteroatoms. The van der Waals surface area contributed by atoms with E-state index in [-0.39, 0.29) is 5.91 Å². The summed E-state index contributed by atoms with van der Waals surface area (Å²) in [7, 11) is 1.55. The molecule has 0 bridgehead atoms. The van der Waals surface area contributed by atoms with Crippen LogP contribution in [0.1, 0.15) is 6.92 Å². The summed E-state index contributed by atoms with van der Waals surface area (Å²) in [5.41, 5.74) is 5.94. The van der Waals surface area contributed by atoms with Crippen LogP contribution >= 0.6 is 11.6 Å². The Morgan fingerprint density at radius 2 is 2.27 bits per heavy atom. The van der Waals surface area contributed by atoms with E-state index in [1.54, 1.807) is 32.2 Å². The van der Waals surface area contributed by atoms with Gasteiger partial charge in [0, 0.05) is 6.07 Å². The molecule has 0 aliphatic heterocycles. The van der Waals surface area contributed by atoms with Crippen LogP contribution in [0.2, 0.25) is 5.02 Å². The van der Waals surface area contributed by atoms with Gasteiger partial charge in [-0.25, -0.2) is 0 Å². The zero-order valence-electron chi connectivity index (χ0n) is 8.58. The first-order valence-electron chi connectivity index (χ1n) is 4.44. The number of amides is 1. The Bertz CT molecular complexity index is 366. The number of ether oxygens (including phenoxy) is 1. The topological polar surface area (TPSA) is 64.3 Å². The Kier molecular flexibility index (Phi) is 3.94. The van der Waals surface area contributed by atoms with Crippen molar-refractivity contribution >= 4 is 23.2 Å². The maximum absolute atomic E-state index is 11.3. The normalized spacial score (nSPS) is 12.0. The number of hydrogen-bond acceptors (Lipinski definition) is 3. The summed E-state index contributed by atoms with van der Waals surface area (Å²) in [6, 6.07) is 4.44. The number of anilines is 1. The molecule has 0 saturated heterocycles. The molecule has 0 saturated carbocycles. The Balaban J connectivity index is 2.83. The van der Waals surface area contributed by atoms with Gasteiger partial charge in [-0.2, -0.15) is 0 Å². The van der Waals surface area contributed by atoms with Crippen LogP contribution in [0.15, 0.2) is 18.2 Å². The Morgan fingerprint density at radius 3 is 2.73 bits per heavy atom. The summed E-state index contributed by atoms with van der Waals surface area (Å²) >= 11 is 5.92. The maximum Gasteiger partial charge on any atom is 0.241 e. The minimum Gasteiger partial charge on any atom is -0.497 e. The molecule has 0 aliphatic rings. The van der Waals surface area contributed by atoms with Gasteiger partial charge in [0.05, 0.1) is 23.9 Å². The molecule has 1 atom stereocenters. The molecule has 0 heterocycles. The van der Waals surface area contributed by atoms with Crippen molar-refractivity contribution in [2.45, 2.75) is 13.0 Å². The molecular formula is C10H13ClN2O2. The number of halogens is 1. The summed E-state index contributed by atoms with van der Waals surface area (Å²) in [5, 5.41) is 3.03. The lowest BCUT2D eigenvalue weighted by Gasteiger charge is -2.10. The predicted octanol–water partition coefficient (Wildman–Crippen LogP) is 1.63. The number of carbonyl (C=O) groups is 1. The number of nitrogens with two attached hydrogens (primary N) is 1. The molecule has 0 aromatic heterocycles. The second-order valence-corrected chi connectivity index (χ2v) is 3.53. The summed E-state index contributed by atoms with van der Waals surface area (Å²) in [6.07, 6.45) is 0. The van der Waals surface area contributed by atoms with Gasteiger partial charge in [0.15, 0.2) is 0 Å². The summed E-state index contributed by atoms with van der Waals surface area (Å²) in [5.74, 6) is 0.362. The third-order valence-corrected chi connectivity index (χ3v) is 2.16. The van der Waals surface area contributed by atoms with Crippen molar-refractivity contribution in [1.29, 1.82) is 0 Å². The molecule has 1 rings (SSSR count). The van der Waals surface area contributed by atoms with Gasteiger partial charge in [0.2, 0.25) is 5.91 Å². The van der Waals surface area contributed by atoms with E-state index in [1.807, 2.05) is 0 Å². The van der Waals surface area contributed by atoms with E-state index < -0.39 is 6.04 Å². The van der Waals surface area contributed by atoms with Gasteiger partial charge < -0.3 is 15.8 Å². The molecule has 0 radical (unpaired) electrons. The van der Waals surface area contributed by atoms with E-state index in [2.05, 4.69) is 5.32 Å². The fourth-order valence-electron chi connectivity index (χ4n) is 0.971. The number of methoxy groups -OCH3 is 1. The third-order valence-electron chi connectivity index (χ3n) is 1.85. The second-order valence-electron chi connectivity index (χ2n) is 3.12. The van der Waals surface area contributed by atoms with Crippen LogP contribution in [0.5, 0.6) is 5.75 Å². The fraction of sp³-hybridized carbons (Fsp3) is 0.300. The molecule has 1 aromatic rings. The average Bonchev–Trinajstić information content (AvgIpc) is 2.20. The standard InChI is InChI=1S/C10H13ClN2O2/c1-6(12)10(14)13-9-4-3-7(15-2)5-8(9)11/h3-6H,12H2,1-2H3,(H,13,14). The number of rotatable bonds is 3. The van der Waals surface area contributed by atoms with Gasteiger partial charge >= 0.3 is 0 Å². The zero-order valence-corrected chi connectivity index (χ0v) is 9.34. The highest BCUT2D eigenvalue weighted by Crippen LogP contribution is 2.26. The Hall–Kier alpha value is -1.26. The van der Waals surface area contributed by atoms with Crippen LogP contribution in [0.25, 0.3) is 0 Å². The van der Waals surface area contributed by atoms with Gasteiger partial charge in [0.25, 0.3) is 0 Å². The third kappa shape index (κ3) is 3.11. The van der Waals surface area contributed by atoms with Gasteiger partial charge in [-0.3, -0.25) is 4.79 Å². The van der Waals surface area contributed by atoms with Crippen molar-refractivity contribution in [3.05, 3.63) is 23.2 Å². The molecule has 0 spiro atoms. The highest BCUT2D eigenvalue weighted by Gasteiger charge is 2.10. The van der Waals surface area contributed by atoms with Crippen molar-refractivity contribution in [3.8, 4) is 5.75 Å². The van der Waals surface area contributed by atoms with Crippen molar-refractivity contribution in [2.75, 3.05) is 12.4 Å². The number of nitrogens with one attached hydrogen (secondary N) is 1. The first-order chi connectivity index (χ1) is 7.04. The van der Waals surface area contributed by atoms with Crippen molar-refractivity contribution < 1.29 is 9.53 Å². The molecule has 1 amide bonds. The van der Waals surface area contributed by atoms with Crippen LogP contribution in [0.4, 0.5) is 5.69 Å². The van der Waals surface area contributed by atoms with Crippen LogP contribution in [-0.4, -0.2) is 19.1 Å². The van der Waals surface area contributed by atoms with E-state index in [1.165, 1.54) is 0 Å². The van der Waals surface area contributed by atoms with Crippen LogP contribution in [-0.2, 0) is 4.79 Å². The van der Waals surface area contributed by atoms with Gasteiger partial charge in [-0.15, -0.1) is 0 Å². The summed E-state index contributed by atoms with van der Waals surface area (Å²) < 4.78 is 4.98. The molecule has 1 aromatic carbocycles. The minimum atomic E-state index is -0.567. The van der Waals surface area contributed by atoms with E-state index in [9.17, 15) is 4.79 Å². The first kappa shape index (κ1) is 11.8. The lowest BCUT2D eigenvalue weighted by Crippen LogP contribution is -2.32. The van der Waals surface area contributed by atoms with Crippen LogP contribution in [0.3, 0.4) is 0 Å². The largest absolute Gasteiger partial charge is 0.497 e. The van der Waals surface area contributed by atoms with Crippen LogP contribution < -0.4 is 15.8 Å². The predicted molar refractivity (Wildman–Crippen MR) is 60.3 cm³/mol. The number of carbonyl (C=O) groups excluding carboxylic acids is 1. The van der Waals surface area contributed by atoms with E-state index in [0.29, 0.717) is 16.5 Å². The summed E-state index contributed by atoms with van der Waals surface area (Å²) in [4.78, 5) is 11.3. The molecule has 4 nitrogen and oxygen atoms in total. The monoisotopic (exact) mass is 228 g/mol. The molecule has 0 aliphatic carbocycles. The minimum absolute atomic E-state index is 0.276. The lowest BCUT2D eigenvalue weighted by atomic mass is 10.2. The SMILES string of the molecule is COc1ccc(NC(=O)C(C)N)c(Cl)c1. The Labute approximate surface area is 93.4 Å². The lowest BCUT2D eigenvalue weighted by molar-refractivity contribution is -0.117. The van der Waals surface area contributed by atoms with E-state index >= 15 is 0 Å². The fourth-order valence-corrected chi connectivity index (χ4v) is 1.19. The van der Waals surface area contributed by atoms with E-state index in [0.717, 1.165) is 0 Å². The van der Waals surface area contributed by atoms with Crippen molar-refractivity contribution in [3.63, 3.8) is 0 Å². The van der Waals surface area contributed by atoms with E-state index in [4.69, 9.17) is 22.1 Å². The van der Waals surface area contributed by atoms with Gasteiger partial charge in [0.1, 0.15) is 5.75 Å². The Morgan fingerprint density at radius 1 is 1.60 bits per heavy atom. The zero-order chi connectivity index (χ0) is 11.4. The molecule has 82 valence electrons. The number of benzene rings is 1. The molecule has 1 unspecified atom stereocenters. The van der Waals surface area contributed by atoms with Crippen molar-refractivity contribution in [2.24, 2.45) is 5.73 Å². The quantitative estimate of drug-likeness (QED) is 0.827. The summed E-state index contributed by atoms with van der Waals surface area (Å²) in [6.45, 7) is 1.60. The van der Waals surface area contributed by atoms with Crippen molar-refractivity contribution in [1.82, 2.24) is 0 Å². The highest BCUT2D eigenvalue weighted by atomic mass is 35.5. The first-order valence-corrected chi connectivity index (χ1v) is 4.82. The molecule has 15 heavy (non-hydrogen) atoms. The van der Waals surface area contributed by atoms with Gasteiger partial charge in [-0.05, 0) is 19.1 Å². The van der Waals surface area contributed by atoms with Crippen LogP contribution in [0, 0.1) is 0 Å².